The Kier molecular flexibility index (Phi) is 2.98. The first-order valence-electron chi connectivity index (χ1n) is 5.39. The van der Waals surface area contributed by atoms with Gasteiger partial charge in [0, 0.05) is 12.0 Å². The van der Waals surface area contributed by atoms with Crippen LogP contribution in [0, 0.1) is 5.92 Å². The minimum atomic E-state index is -5.05. The van der Waals surface area contributed by atoms with Gasteiger partial charge in [0.1, 0.15) is 0 Å². The molecular formula is C10H12F3NO4S. The lowest BCUT2D eigenvalue weighted by Crippen LogP contribution is -2.67. The van der Waals surface area contributed by atoms with Gasteiger partial charge in [0.2, 0.25) is 15.6 Å². The molecule has 2 rings (SSSR count). The Morgan fingerprint density at radius 2 is 2.00 bits per heavy atom. The van der Waals surface area contributed by atoms with Crippen LogP contribution >= 0.6 is 0 Å². The predicted octanol–water partition coefficient (Wildman–Crippen LogP) is 0.680. The first kappa shape index (κ1) is 14.3. The second-order valence-electron chi connectivity index (χ2n) is 4.61. The Hall–Kier alpha value is -1.09. The number of hydrogen-bond acceptors (Lipinski definition) is 4. The highest BCUT2D eigenvalue weighted by Crippen LogP contribution is 2.54. The van der Waals surface area contributed by atoms with Crippen LogP contribution in [0.15, 0.2) is 12.2 Å². The van der Waals surface area contributed by atoms with Crippen molar-refractivity contribution in [3.8, 4) is 0 Å². The third kappa shape index (κ3) is 1.71. The van der Waals surface area contributed by atoms with Crippen LogP contribution in [0.3, 0.4) is 0 Å². The van der Waals surface area contributed by atoms with E-state index in [4.69, 9.17) is 0 Å². The fourth-order valence-electron chi connectivity index (χ4n) is 2.94. The smallest absolute Gasteiger partial charge is 0.419 e. The average molecular weight is 299 g/mol. The van der Waals surface area contributed by atoms with E-state index < -0.39 is 39.7 Å². The van der Waals surface area contributed by atoms with Crippen LogP contribution in [0.25, 0.3) is 0 Å². The molecular weight excluding hydrogens is 287 g/mol. The zero-order chi connectivity index (χ0) is 14.6. The van der Waals surface area contributed by atoms with Gasteiger partial charge in [0.25, 0.3) is 0 Å². The highest BCUT2D eigenvalue weighted by molar-refractivity contribution is 7.88. The van der Waals surface area contributed by atoms with E-state index in [0.717, 1.165) is 7.11 Å². The summed E-state index contributed by atoms with van der Waals surface area (Å²) in [6.07, 6.45) is -1.85. The van der Waals surface area contributed by atoms with Gasteiger partial charge in [-0.15, -0.1) is 0 Å². The van der Waals surface area contributed by atoms with Crippen molar-refractivity contribution in [1.82, 2.24) is 4.31 Å². The molecule has 0 N–H and O–H groups in total. The van der Waals surface area contributed by atoms with Crippen molar-refractivity contribution in [2.45, 2.75) is 24.2 Å². The molecule has 0 radical (unpaired) electrons. The van der Waals surface area contributed by atoms with Gasteiger partial charge in [-0.25, -0.2) is 13.2 Å². The number of methoxy groups -OCH3 is 1. The van der Waals surface area contributed by atoms with Crippen LogP contribution < -0.4 is 0 Å². The van der Waals surface area contributed by atoms with E-state index in [0.29, 0.717) is 6.26 Å². The molecule has 19 heavy (non-hydrogen) atoms. The summed E-state index contributed by atoms with van der Waals surface area (Å²) in [5.74, 6) is -2.85. The first-order chi connectivity index (χ1) is 8.56. The fourth-order valence-corrected chi connectivity index (χ4v) is 4.43. The third-order valence-corrected chi connectivity index (χ3v) is 4.81. The van der Waals surface area contributed by atoms with Crippen LogP contribution in [0.4, 0.5) is 13.2 Å². The SMILES string of the molecule is COC(=O)[C@@]1(C(F)(F)F)[C@H]2C=C[C@@H](C2)N1S(C)(=O)=O. The second-order valence-corrected chi connectivity index (χ2v) is 6.47. The van der Waals surface area contributed by atoms with E-state index in [1.807, 2.05) is 0 Å². The Balaban J connectivity index is 2.71. The number of rotatable bonds is 2. The molecule has 0 spiro atoms. The van der Waals surface area contributed by atoms with Crippen molar-refractivity contribution in [3.05, 3.63) is 12.2 Å². The van der Waals surface area contributed by atoms with Crippen molar-refractivity contribution >= 4 is 16.0 Å². The Bertz CT molecular complexity index is 541. The topological polar surface area (TPSA) is 63.7 Å². The largest absolute Gasteiger partial charge is 0.467 e. The van der Waals surface area contributed by atoms with Crippen molar-refractivity contribution < 1.29 is 31.1 Å². The van der Waals surface area contributed by atoms with Gasteiger partial charge in [0.05, 0.1) is 13.4 Å². The minimum absolute atomic E-state index is 0.0678. The van der Waals surface area contributed by atoms with Crippen LogP contribution in [-0.4, -0.2) is 49.8 Å². The summed E-state index contributed by atoms with van der Waals surface area (Å²) in [7, 11) is -3.41. The molecule has 1 aliphatic heterocycles. The van der Waals surface area contributed by atoms with Gasteiger partial charge in [0.15, 0.2) is 0 Å². The average Bonchev–Trinajstić information content (AvgIpc) is 2.83. The third-order valence-electron chi connectivity index (χ3n) is 3.53. The van der Waals surface area contributed by atoms with E-state index in [1.54, 1.807) is 0 Å². The molecule has 0 aromatic heterocycles. The predicted molar refractivity (Wildman–Crippen MR) is 58.5 cm³/mol. The molecule has 0 aromatic rings. The second kappa shape index (κ2) is 3.95. The van der Waals surface area contributed by atoms with Crippen molar-refractivity contribution in [2.24, 2.45) is 5.92 Å². The maximum absolute atomic E-state index is 13.5. The molecule has 108 valence electrons. The highest BCUT2D eigenvalue weighted by Gasteiger charge is 2.76. The molecule has 1 fully saturated rings. The first-order valence-corrected chi connectivity index (χ1v) is 7.24. The molecule has 0 unspecified atom stereocenters. The maximum atomic E-state index is 13.5. The molecule has 0 amide bonds. The molecule has 2 bridgehead atoms. The lowest BCUT2D eigenvalue weighted by molar-refractivity contribution is -0.230. The molecule has 1 heterocycles. The molecule has 1 saturated heterocycles. The van der Waals surface area contributed by atoms with Gasteiger partial charge in [-0.05, 0) is 6.42 Å². The maximum Gasteiger partial charge on any atom is 0.419 e. The minimum Gasteiger partial charge on any atom is -0.467 e. The number of nitrogens with zero attached hydrogens (tertiary/aromatic N) is 1. The zero-order valence-electron chi connectivity index (χ0n) is 10.1. The summed E-state index contributed by atoms with van der Waals surface area (Å²) >= 11 is 0. The number of carbonyl (C=O) groups excluding carboxylic acids is 1. The number of halogens is 3. The summed E-state index contributed by atoms with van der Waals surface area (Å²) in [6, 6.07) is -0.958. The van der Waals surface area contributed by atoms with Gasteiger partial charge in [-0.1, -0.05) is 12.2 Å². The van der Waals surface area contributed by atoms with Crippen molar-refractivity contribution in [2.75, 3.05) is 13.4 Å². The van der Waals surface area contributed by atoms with E-state index in [9.17, 15) is 26.4 Å². The summed E-state index contributed by atoms with van der Waals surface area (Å²) in [5.41, 5.74) is -3.14. The highest BCUT2D eigenvalue weighted by atomic mass is 32.2. The Labute approximate surface area is 108 Å². The summed E-state index contributed by atoms with van der Waals surface area (Å²) < 4.78 is 68.2. The van der Waals surface area contributed by atoms with Gasteiger partial charge < -0.3 is 4.74 Å². The monoisotopic (exact) mass is 299 g/mol. The van der Waals surface area contributed by atoms with E-state index in [1.165, 1.54) is 12.2 Å². The quantitative estimate of drug-likeness (QED) is 0.555. The number of alkyl halides is 3. The fraction of sp³-hybridized carbons (Fsp3) is 0.700. The van der Waals surface area contributed by atoms with E-state index in [2.05, 4.69) is 4.74 Å². The number of sulfonamides is 1. The van der Waals surface area contributed by atoms with Crippen LogP contribution in [-0.2, 0) is 19.6 Å². The number of carbonyl (C=O) groups is 1. The van der Waals surface area contributed by atoms with Gasteiger partial charge in [-0.3, -0.25) is 0 Å². The molecule has 9 heteroatoms. The van der Waals surface area contributed by atoms with E-state index >= 15 is 0 Å². The van der Waals surface area contributed by atoms with Crippen LogP contribution in [0.2, 0.25) is 0 Å². The molecule has 3 atom stereocenters. The standard InChI is InChI=1S/C10H12F3NO4S/c1-18-8(15)9(10(11,12)13)6-3-4-7(5-6)14(9)19(2,16)17/h3-4,6-7H,5H2,1-2H3/t6-,7-,9+/m0/s1. The summed E-state index contributed by atoms with van der Waals surface area (Å²) in [4.78, 5) is 11.7. The normalized spacial score (nSPS) is 34.8. The Morgan fingerprint density at radius 3 is 2.42 bits per heavy atom. The number of hydrogen-bond donors (Lipinski definition) is 0. The lowest BCUT2D eigenvalue weighted by Gasteiger charge is -2.41. The zero-order valence-corrected chi connectivity index (χ0v) is 11.0. The Morgan fingerprint density at radius 1 is 1.42 bits per heavy atom. The molecule has 5 nitrogen and oxygen atoms in total. The summed E-state index contributed by atoms with van der Waals surface area (Å²) in [6.45, 7) is 0. The van der Waals surface area contributed by atoms with E-state index in [-0.39, 0.29) is 10.7 Å². The van der Waals surface area contributed by atoms with Crippen molar-refractivity contribution in [1.29, 1.82) is 0 Å². The van der Waals surface area contributed by atoms with Crippen LogP contribution in [0.1, 0.15) is 6.42 Å². The van der Waals surface area contributed by atoms with Crippen LogP contribution in [0.5, 0.6) is 0 Å². The molecule has 0 saturated carbocycles. The molecule has 0 aromatic carbocycles. The van der Waals surface area contributed by atoms with Gasteiger partial charge in [-0.2, -0.15) is 17.5 Å². The molecule has 1 aliphatic carbocycles. The van der Waals surface area contributed by atoms with Gasteiger partial charge >= 0.3 is 12.1 Å². The lowest BCUT2D eigenvalue weighted by atomic mass is 9.85. The molecule has 2 aliphatic rings. The summed E-state index contributed by atoms with van der Waals surface area (Å²) in [5, 5.41) is 0. The number of ether oxygens (including phenoxy) is 1. The number of esters is 1. The van der Waals surface area contributed by atoms with Crippen molar-refractivity contribution in [3.63, 3.8) is 0 Å². The number of fused-ring (bicyclic) bond motifs is 2.